The van der Waals surface area contributed by atoms with E-state index in [1.165, 1.54) is 11.1 Å². The Balaban J connectivity index is 2.50. The Labute approximate surface area is 86.1 Å². The highest BCUT2D eigenvalue weighted by molar-refractivity contribution is 5.23. The van der Waals surface area contributed by atoms with Crippen molar-refractivity contribution in [2.24, 2.45) is 5.73 Å². The summed E-state index contributed by atoms with van der Waals surface area (Å²) in [6, 6.07) is 8.83. The Bertz CT molecular complexity index is 254. The lowest BCUT2D eigenvalue weighted by atomic mass is 10.0. The van der Waals surface area contributed by atoms with Crippen LogP contribution in [0.15, 0.2) is 24.3 Å². The van der Waals surface area contributed by atoms with Gasteiger partial charge in [-0.25, -0.2) is 0 Å². The highest BCUT2D eigenvalue weighted by Gasteiger charge is 1.98. The molecule has 0 amide bonds. The molecule has 0 bridgehead atoms. The van der Waals surface area contributed by atoms with Gasteiger partial charge in [0.05, 0.1) is 6.61 Å². The van der Waals surface area contributed by atoms with E-state index < -0.39 is 0 Å². The molecule has 14 heavy (non-hydrogen) atoms. The summed E-state index contributed by atoms with van der Waals surface area (Å²) in [5.74, 6) is 0. The molecule has 78 valence electrons. The van der Waals surface area contributed by atoms with Gasteiger partial charge in [0.15, 0.2) is 0 Å². The number of hydrogen-bond acceptors (Lipinski definition) is 2. The molecule has 0 unspecified atom stereocenters. The molecule has 0 aromatic heterocycles. The van der Waals surface area contributed by atoms with Gasteiger partial charge in [0.25, 0.3) is 0 Å². The molecule has 1 rings (SSSR count). The second-order valence-electron chi connectivity index (χ2n) is 3.74. The Hall–Kier alpha value is -0.860. The molecule has 1 atom stereocenters. The van der Waals surface area contributed by atoms with Crippen LogP contribution in [0.5, 0.6) is 0 Å². The van der Waals surface area contributed by atoms with Gasteiger partial charge in [-0.15, -0.1) is 0 Å². The smallest absolute Gasteiger partial charge is 0.0502 e. The minimum Gasteiger partial charge on any atom is -0.384 e. The zero-order chi connectivity index (χ0) is 10.4. The van der Waals surface area contributed by atoms with Gasteiger partial charge in [-0.1, -0.05) is 24.3 Å². The third kappa shape index (κ3) is 3.90. The molecule has 1 aromatic carbocycles. The molecule has 0 aliphatic carbocycles. The topological polar surface area (TPSA) is 35.2 Å². The van der Waals surface area contributed by atoms with Crippen LogP contribution in [0.2, 0.25) is 0 Å². The van der Waals surface area contributed by atoms with E-state index in [4.69, 9.17) is 10.5 Å². The Morgan fingerprint density at radius 3 is 2.29 bits per heavy atom. The van der Waals surface area contributed by atoms with E-state index >= 15 is 0 Å². The fraction of sp³-hybridized carbons (Fsp3) is 0.500. The van der Waals surface area contributed by atoms with Gasteiger partial charge in [-0.3, -0.25) is 0 Å². The largest absolute Gasteiger partial charge is 0.384 e. The number of hydrogen-bond donors (Lipinski definition) is 1. The van der Waals surface area contributed by atoms with Crippen molar-refractivity contribution in [2.45, 2.75) is 25.8 Å². The zero-order valence-corrected chi connectivity index (χ0v) is 8.99. The molecule has 0 heterocycles. The van der Waals surface area contributed by atoms with Crippen LogP contribution < -0.4 is 5.73 Å². The SMILES string of the molecule is COCCc1ccc(C[C@@H](C)N)cc1. The van der Waals surface area contributed by atoms with Crippen LogP contribution in [0.1, 0.15) is 18.1 Å². The van der Waals surface area contributed by atoms with E-state index in [0.29, 0.717) is 0 Å². The summed E-state index contributed by atoms with van der Waals surface area (Å²) in [6.45, 7) is 2.81. The van der Waals surface area contributed by atoms with Crippen LogP contribution in [0, 0.1) is 0 Å². The molecular formula is C12H19NO. The maximum atomic E-state index is 5.72. The first-order chi connectivity index (χ1) is 6.72. The first kappa shape index (κ1) is 11.2. The second-order valence-corrected chi connectivity index (χ2v) is 3.74. The molecule has 1 aromatic rings. The van der Waals surface area contributed by atoms with Gasteiger partial charge in [-0.2, -0.15) is 0 Å². The molecule has 0 aliphatic rings. The van der Waals surface area contributed by atoms with E-state index in [9.17, 15) is 0 Å². The van der Waals surface area contributed by atoms with Crippen molar-refractivity contribution < 1.29 is 4.74 Å². The number of nitrogens with two attached hydrogens (primary N) is 1. The fourth-order valence-corrected chi connectivity index (χ4v) is 1.43. The molecule has 2 N–H and O–H groups in total. The highest BCUT2D eigenvalue weighted by atomic mass is 16.5. The van der Waals surface area contributed by atoms with Crippen molar-refractivity contribution in [1.82, 2.24) is 0 Å². The van der Waals surface area contributed by atoms with Crippen molar-refractivity contribution in [2.75, 3.05) is 13.7 Å². The van der Waals surface area contributed by atoms with Crippen LogP contribution in [0.4, 0.5) is 0 Å². The standard InChI is InChI=1S/C12H19NO/c1-10(13)9-12-5-3-11(4-6-12)7-8-14-2/h3-6,10H,7-9,13H2,1-2H3/t10-/m1/s1. The first-order valence-electron chi connectivity index (χ1n) is 5.04. The average Bonchev–Trinajstić information content (AvgIpc) is 2.16. The van der Waals surface area contributed by atoms with Crippen LogP contribution in [0.25, 0.3) is 0 Å². The molecule has 0 radical (unpaired) electrons. The van der Waals surface area contributed by atoms with E-state index in [1.54, 1.807) is 7.11 Å². The Kier molecular flexibility index (Phi) is 4.63. The first-order valence-corrected chi connectivity index (χ1v) is 5.04. The molecule has 0 saturated heterocycles. The molecule has 2 heteroatoms. The lowest BCUT2D eigenvalue weighted by molar-refractivity contribution is 0.202. The number of ether oxygens (including phenoxy) is 1. The van der Waals surface area contributed by atoms with E-state index in [2.05, 4.69) is 24.3 Å². The minimum absolute atomic E-state index is 0.236. The summed E-state index contributed by atoms with van der Waals surface area (Å²) in [4.78, 5) is 0. The zero-order valence-electron chi connectivity index (χ0n) is 8.99. The average molecular weight is 193 g/mol. The summed E-state index contributed by atoms with van der Waals surface area (Å²) in [5, 5.41) is 0. The van der Waals surface area contributed by atoms with Crippen LogP contribution in [-0.4, -0.2) is 19.8 Å². The maximum absolute atomic E-state index is 5.72. The van der Waals surface area contributed by atoms with E-state index in [0.717, 1.165) is 19.4 Å². The summed E-state index contributed by atoms with van der Waals surface area (Å²) in [5.41, 5.74) is 8.35. The summed E-state index contributed by atoms with van der Waals surface area (Å²) in [7, 11) is 1.73. The van der Waals surface area contributed by atoms with Gasteiger partial charge < -0.3 is 10.5 Å². The number of methoxy groups -OCH3 is 1. The fourth-order valence-electron chi connectivity index (χ4n) is 1.43. The third-order valence-electron chi connectivity index (χ3n) is 2.18. The lowest BCUT2D eigenvalue weighted by Gasteiger charge is -2.06. The quantitative estimate of drug-likeness (QED) is 0.773. The van der Waals surface area contributed by atoms with Crippen LogP contribution >= 0.6 is 0 Å². The van der Waals surface area contributed by atoms with Gasteiger partial charge in [0.2, 0.25) is 0 Å². The van der Waals surface area contributed by atoms with Crippen molar-refractivity contribution in [3.8, 4) is 0 Å². The molecular weight excluding hydrogens is 174 g/mol. The van der Waals surface area contributed by atoms with Crippen molar-refractivity contribution in [3.63, 3.8) is 0 Å². The molecule has 0 aliphatic heterocycles. The van der Waals surface area contributed by atoms with E-state index in [1.807, 2.05) is 6.92 Å². The van der Waals surface area contributed by atoms with Gasteiger partial charge in [-0.05, 0) is 30.9 Å². The Morgan fingerprint density at radius 2 is 1.79 bits per heavy atom. The minimum atomic E-state index is 0.236. The third-order valence-corrected chi connectivity index (χ3v) is 2.18. The molecule has 0 fully saturated rings. The molecule has 2 nitrogen and oxygen atoms in total. The van der Waals surface area contributed by atoms with E-state index in [-0.39, 0.29) is 6.04 Å². The number of rotatable bonds is 5. The molecule has 0 spiro atoms. The lowest BCUT2D eigenvalue weighted by Crippen LogP contribution is -2.17. The summed E-state index contributed by atoms with van der Waals surface area (Å²) in [6.07, 6.45) is 1.93. The Morgan fingerprint density at radius 1 is 1.21 bits per heavy atom. The predicted molar refractivity (Wildman–Crippen MR) is 59.4 cm³/mol. The van der Waals surface area contributed by atoms with Gasteiger partial charge in [0, 0.05) is 13.2 Å². The predicted octanol–water partition coefficient (Wildman–Crippen LogP) is 1.77. The maximum Gasteiger partial charge on any atom is 0.0502 e. The van der Waals surface area contributed by atoms with Crippen LogP contribution in [0.3, 0.4) is 0 Å². The van der Waals surface area contributed by atoms with Crippen molar-refractivity contribution >= 4 is 0 Å². The second kappa shape index (κ2) is 5.78. The molecule has 0 saturated carbocycles. The van der Waals surface area contributed by atoms with Gasteiger partial charge in [0.1, 0.15) is 0 Å². The summed E-state index contributed by atoms with van der Waals surface area (Å²) >= 11 is 0. The summed E-state index contributed by atoms with van der Waals surface area (Å²) < 4.78 is 5.02. The van der Waals surface area contributed by atoms with Crippen molar-refractivity contribution in [1.29, 1.82) is 0 Å². The highest BCUT2D eigenvalue weighted by Crippen LogP contribution is 2.06. The monoisotopic (exact) mass is 193 g/mol. The van der Waals surface area contributed by atoms with Crippen molar-refractivity contribution in [3.05, 3.63) is 35.4 Å². The van der Waals surface area contributed by atoms with Gasteiger partial charge >= 0.3 is 0 Å². The normalized spacial score (nSPS) is 12.8. The number of benzene rings is 1. The van der Waals surface area contributed by atoms with Crippen LogP contribution in [-0.2, 0) is 17.6 Å².